The zero-order valence-corrected chi connectivity index (χ0v) is 15.2. The fraction of sp³-hybridized carbons (Fsp3) is 0.556. The maximum absolute atomic E-state index is 6.14. The molecule has 0 radical (unpaired) electrons. The molecule has 1 saturated heterocycles. The number of benzene rings is 1. The van der Waals surface area contributed by atoms with Gasteiger partial charge in [0.25, 0.3) is 0 Å². The third-order valence-electron chi connectivity index (χ3n) is 4.76. The maximum atomic E-state index is 6.14. The number of fused-ring (bicyclic) bond motifs is 1. The monoisotopic (exact) mass is 301 g/mol. The van der Waals surface area contributed by atoms with Crippen molar-refractivity contribution in [2.24, 2.45) is 7.05 Å². The molecule has 0 atom stereocenters. The van der Waals surface area contributed by atoms with Gasteiger partial charge in [-0.15, -0.1) is 0 Å². The minimum atomic E-state index is -0.297. The fourth-order valence-corrected chi connectivity index (χ4v) is 2.70. The van der Waals surface area contributed by atoms with Gasteiger partial charge in [0.1, 0.15) is 0 Å². The Morgan fingerprint density at radius 1 is 1.00 bits per heavy atom. The molecule has 4 heteroatoms. The molecule has 1 aliphatic heterocycles. The zero-order valence-electron chi connectivity index (χ0n) is 15.2. The van der Waals surface area contributed by atoms with Crippen LogP contribution in [0.5, 0.6) is 0 Å². The van der Waals surface area contributed by atoms with Crippen LogP contribution in [-0.4, -0.2) is 22.9 Å². The van der Waals surface area contributed by atoms with E-state index in [-0.39, 0.29) is 18.3 Å². The summed E-state index contributed by atoms with van der Waals surface area (Å²) in [5, 5.41) is 1.28. The molecule has 2 heterocycles. The fourth-order valence-electron chi connectivity index (χ4n) is 2.70. The second kappa shape index (κ2) is 5.75. The van der Waals surface area contributed by atoms with Crippen molar-refractivity contribution in [3.63, 3.8) is 0 Å². The van der Waals surface area contributed by atoms with E-state index in [2.05, 4.69) is 70.6 Å². The van der Waals surface area contributed by atoms with E-state index in [1.165, 1.54) is 16.5 Å². The van der Waals surface area contributed by atoms with Gasteiger partial charge in [0, 0.05) is 24.1 Å². The quantitative estimate of drug-likeness (QED) is 0.748. The normalized spacial score (nSPS) is 19.2. The summed E-state index contributed by atoms with van der Waals surface area (Å²) >= 11 is 0. The highest BCUT2D eigenvalue weighted by Crippen LogP contribution is 2.36. The summed E-state index contributed by atoms with van der Waals surface area (Å²) in [7, 11) is 1.77. The number of rotatable bonds is 1. The summed E-state index contributed by atoms with van der Waals surface area (Å²) in [5.74, 6) is 0. The zero-order chi connectivity index (χ0) is 16.7. The number of nitrogens with zero attached hydrogens (tertiary/aromatic N) is 1. The predicted molar refractivity (Wildman–Crippen MR) is 94.7 cm³/mol. The van der Waals surface area contributed by atoms with Crippen LogP contribution >= 0.6 is 0 Å². The van der Waals surface area contributed by atoms with Crippen LogP contribution in [0.4, 0.5) is 0 Å². The summed E-state index contributed by atoms with van der Waals surface area (Å²) in [5.41, 5.74) is 2.97. The third kappa shape index (κ3) is 2.70. The first-order valence-corrected chi connectivity index (χ1v) is 8.12. The van der Waals surface area contributed by atoms with Gasteiger partial charge in [-0.2, -0.15) is 0 Å². The minimum absolute atomic E-state index is 0.294. The molecule has 0 spiro atoms. The highest BCUT2D eigenvalue weighted by atomic mass is 16.7. The minimum Gasteiger partial charge on any atom is -0.399 e. The van der Waals surface area contributed by atoms with Crippen molar-refractivity contribution in [2.75, 3.05) is 0 Å². The average molecular weight is 301 g/mol. The van der Waals surface area contributed by atoms with E-state index in [0.29, 0.717) is 0 Å². The Morgan fingerprint density at radius 2 is 1.55 bits per heavy atom. The lowest BCUT2D eigenvalue weighted by Crippen LogP contribution is -2.41. The summed E-state index contributed by atoms with van der Waals surface area (Å²) in [6, 6.07) is 6.49. The van der Waals surface area contributed by atoms with Crippen LogP contribution in [0.15, 0.2) is 24.4 Å². The summed E-state index contributed by atoms with van der Waals surface area (Å²) in [6.07, 6.45) is 2.09. The molecular weight excluding hydrogens is 273 g/mol. The highest BCUT2D eigenvalue weighted by molar-refractivity contribution is 6.62. The number of hydrogen-bond donors (Lipinski definition) is 0. The maximum Gasteiger partial charge on any atom is 0.494 e. The van der Waals surface area contributed by atoms with E-state index in [1.807, 2.05) is 13.8 Å². The first kappa shape index (κ1) is 17.1. The van der Waals surface area contributed by atoms with Crippen LogP contribution in [0, 0.1) is 6.92 Å². The molecule has 1 aliphatic rings. The Balaban J connectivity index is 0.000000847. The number of hydrogen-bond acceptors (Lipinski definition) is 2. The molecule has 1 aromatic heterocycles. The molecule has 3 nitrogen and oxygen atoms in total. The lowest BCUT2D eigenvalue weighted by molar-refractivity contribution is 0.00578. The Bertz CT molecular complexity index is 657. The van der Waals surface area contributed by atoms with E-state index in [0.717, 1.165) is 5.46 Å². The molecule has 0 N–H and O–H groups in total. The average Bonchev–Trinajstić information content (AvgIpc) is 2.91. The van der Waals surface area contributed by atoms with Gasteiger partial charge < -0.3 is 13.9 Å². The molecule has 0 saturated carbocycles. The Hall–Kier alpha value is -1.26. The van der Waals surface area contributed by atoms with Gasteiger partial charge in [-0.25, -0.2) is 0 Å². The smallest absolute Gasteiger partial charge is 0.399 e. The molecule has 0 aliphatic carbocycles. The molecule has 1 aromatic carbocycles. The van der Waals surface area contributed by atoms with E-state index in [9.17, 15) is 0 Å². The lowest BCUT2D eigenvalue weighted by atomic mass is 9.78. The van der Waals surface area contributed by atoms with Gasteiger partial charge in [-0.1, -0.05) is 19.9 Å². The van der Waals surface area contributed by atoms with E-state index in [1.54, 1.807) is 0 Å². The van der Waals surface area contributed by atoms with Gasteiger partial charge in [-0.3, -0.25) is 0 Å². The van der Waals surface area contributed by atoms with Crippen molar-refractivity contribution in [1.29, 1.82) is 0 Å². The summed E-state index contributed by atoms with van der Waals surface area (Å²) in [6.45, 7) is 14.5. The Morgan fingerprint density at radius 3 is 2.09 bits per heavy atom. The number of aromatic nitrogens is 1. The molecule has 22 heavy (non-hydrogen) atoms. The van der Waals surface area contributed by atoms with Crippen molar-refractivity contribution in [3.05, 3.63) is 30.0 Å². The van der Waals surface area contributed by atoms with E-state index in [4.69, 9.17) is 9.31 Å². The molecule has 2 aromatic rings. The topological polar surface area (TPSA) is 23.4 Å². The largest absolute Gasteiger partial charge is 0.494 e. The van der Waals surface area contributed by atoms with Crippen LogP contribution in [0.2, 0.25) is 0 Å². The van der Waals surface area contributed by atoms with Gasteiger partial charge in [-0.05, 0) is 57.8 Å². The molecule has 0 amide bonds. The summed E-state index contributed by atoms with van der Waals surface area (Å²) in [4.78, 5) is 0. The first-order valence-electron chi connectivity index (χ1n) is 8.12. The molecule has 0 bridgehead atoms. The van der Waals surface area contributed by atoms with Gasteiger partial charge >= 0.3 is 7.12 Å². The SMILES string of the molecule is CC.Cc1cc(B2OC(C)(C)C(C)(C)O2)cc2c1ccn2C. The van der Waals surface area contributed by atoms with E-state index >= 15 is 0 Å². The van der Waals surface area contributed by atoms with Crippen LogP contribution in [0.25, 0.3) is 10.9 Å². The van der Waals surface area contributed by atoms with Crippen LogP contribution < -0.4 is 5.46 Å². The number of aryl methyl sites for hydroxylation is 2. The van der Waals surface area contributed by atoms with Crippen molar-refractivity contribution in [3.8, 4) is 0 Å². The molecule has 0 unspecified atom stereocenters. The van der Waals surface area contributed by atoms with Crippen molar-refractivity contribution >= 4 is 23.5 Å². The van der Waals surface area contributed by atoms with Crippen LogP contribution in [0.1, 0.15) is 47.1 Å². The van der Waals surface area contributed by atoms with Crippen molar-refractivity contribution in [2.45, 2.75) is 59.7 Å². The standard InChI is InChI=1S/C16H22BNO2.C2H6/c1-11-9-12(10-14-13(11)7-8-18(14)6)17-19-15(2,3)16(4,5)20-17;1-2/h7-10H,1-6H3;1-2H3. The second-order valence-corrected chi connectivity index (χ2v) is 6.79. The molecule has 1 fully saturated rings. The van der Waals surface area contributed by atoms with Crippen LogP contribution in [-0.2, 0) is 16.4 Å². The van der Waals surface area contributed by atoms with Crippen molar-refractivity contribution in [1.82, 2.24) is 4.57 Å². The molecular formula is C18H28BNO2. The highest BCUT2D eigenvalue weighted by Gasteiger charge is 2.51. The third-order valence-corrected chi connectivity index (χ3v) is 4.76. The van der Waals surface area contributed by atoms with Gasteiger partial charge in [0.2, 0.25) is 0 Å². The second-order valence-electron chi connectivity index (χ2n) is 6.79. The van der Waals surface area contributed by atoms with Crippen molar-refractivity contribution < 1.29 is 9.31 Å². The predicted octanol–water partition coefficient (Wildman–Crippen LogP) is 3.81. The first-order chi connectivity index (χ1) is 10.2. The summed E-state index contributed by atoms with van der Waals surface area (Å²) < 4.78 is 14.4. The van der Waals surface area contributed by atoms with Crippen LogP contribution in [0.3, 0.4) is 0 Å². The molecule has 120 valence electrons. The Kier molecular flexibility index (Phi) is 4.47. The van der Waals surface area contributed by atoms with Gasteiger partial charge in [0.05, 0.1) is 11.2 Å². The molecule has 3 rings (SSSR count). The van der Waals surface area contributed by atoms with E-state index < -0.39 is 0 Å². The lowest BCUT2D eigenvalue weighted by Gasteiger charge is -2.32. The Labute approximate surface area is 134 Å². The van der Waals surface area contributed by atoms with Gasteiger partial charge in [0.15, 0.2) is 0 Å².